The van der Waals surface area contributed by atoms with Gasteiger partial charge in [0, 0.05) is 0 Å². The summed E-state index contributed by atoms with van der Waals surface area (Å²) in [6.45, 7) is 1.63. The molecule has 0 aromatic carbocycles. The minimum absolute atomic E-state index is 0. The molecule has 1 atom stereocenters. The van der Waals surface area contributed by atoms with E-state index >= 15 is 0 Å². The van der Waals surface area contributed by atoms with Crippen molar-refractivity contribution in [3.05, 3.63) is 0 Å². The minimum Gasteiger partial charge on any atom is -0.480 e. The molecule has 0 amide bonds. The first kappa shape index (κ1) is 10.2. The van der Waals surface area contributed by atoms with E-state index in [1.54, 1.807) is 6.92 Å². The summed E-state index contributed by atoms with van der Waals surface area (Å²) < 4.78 is -0.261. The van der Waals surface area contributed by atoms with Crippen molar-refractivity contribution in [2.75, 3.05) is 0 Å². The standard InChI is InChI=1S/C3H5IO2.H3N/c1-2(4)3(5)6;/h2H,1H3,(H,5,6);1H3/p+1/t2-;/m1./s1. The van der Waals surface area contributed by atoms with E-state index in [4.69, 9.17) is 5.11 Å². The number of carbonyl (C=O) groups is 1. The number of carboxylic acid groups (broad SMARTS) is 1. The molecule has 0 heterocycles. The summed E-state index contributed by atoms with van der Waals surface area (Å²) in [5.41, 5.74) is 0. The van der Waals surface area contributed by atoms with Gasteiger partial charge in [0.05, 0.1) is 0 Å². The van der Waals surface area contributed by atoms with E-state index in [2.05, 4.69) is 0 Å². The zero-order valence-corrected chi connectivity index (χ0v) is 6.47. The highest BCUT2D eigenvalue weighted by Crippen LogP contribution is 1.95. The molecule has 0 aromatic heterocycles. The van der Waals surface area contributed by atoms with Gasteiger partial charge in [-0.05, 0) is 6.92 Å². The van der Waals surface area contributed by atoms with Crippen LogP contribution in [0.3, 0.4) is 0 Å². The summed E-state index contributed by atoms with van der Waals surface area (Å²) in [5, 5.41) is 7.98. The van der Waals surface area contributed by atoms with E-state index in [-0.39, 0.29) is 10.1 Å². The van der Waals surface area contributed by atoms with Crippen LogP contribution < -0.4 is 6.15 Å². The number of alkyl halides is 1. The Hall–Kier alpha value is 0.160. The van der Waals surface area contributed by atoms with Crippen molar-refractivity contribution in [3.8, 4) is 0 Å². The summed E-state index contributed by atoms with van der Waals surface area (Å²) in [6.07, 6.45) is 0. The Balaban J connectivity index is 0. The van der Waals surface area contributed by atoms with E-state index in [1.807, 2.05) is 22.6 Å². The molecule has 0 aliphatic carbocycles. The SMILES string of the molecule is C[C@@H](I)C(=O)O.[NH4+]. The van der Waals surface area contributed by atoms with Gasteiger partial charge in [-0.2, -0.15) is 0 Å². The van der Waals surface area contributed by atoms with Crippen LogP contribution in [0.5, 0.6) is 0 Å². The largest absolute Gasteiger partial charge is 0.480 e. The predicted molar refractivity (Wildman–Crippen MR) is 37.1 cm³/mol. The van der Waals surface area contributed by atoms with Crippen molar-refractivity contribution in [2.24, 2.45) is 0 Å². The molecule has 0 bridgehead atoms. The third kappa shape index (κ3) is 6.16. The predicted octanol–water partition coefficient (Wildman–Crippen LogP) is 1.27. The van der Waals surface area contributed by atoms with Crippen molar-refractivity contribution >= 4 is 28.6 Å². The Kier molecular flexibility index (Phi) is 6.30. The van der Waals surface area contributed by atoms with Crippen molar-refractivity contribution in [1.82, 2.24) is 6.15 Å². The summed E-state index contributed by atoms with van der Waals surface area (Å²) in [6, 6.07) is 0. The molecule has 0 aliphatic heterocycles. The fourth-order valence-corrected chi connectivity index (χ4v) is 0. The number of hydrogen-bond acceptors (Lipinski definition) is 1. The Labute approximate surface area is 55.8 Å². The van der Waals surface area contributed by atoms with Gasteiger partial charge < -0.3 is 11.3 Å². The molecule has 4 heteroatoms. The van der Waals surface area contributed by atoms with Crippen molar-refractivity contribution in [3.63, 3.8) is 0 Å². The van der Waals surface area contributed by atoms with Crippen LogP contribution in [-0.4, -0.2) is 15.0 Å². The first-order valence-electron chi connectivity index (χ1n) is 1.51. The Morgan fingerprint density at radius 1 is 1.86 bits per heavy atom. The van der Waals surface area contributed by atoms with Crippen LogP contribution >= 0.6 is 22.6 Å². The van der Waals surface area contributed by atoms with E-state index in [0.29, 0.717) is 0 Å². The molecule has 0 aliphatic rings. The topological polar surface area (TPSA) is 73.8 Å². The van der Waals surface area contributed by atoms with Crippen LogP contribution in [0.4, 0.5) is 0 Å². The Morgan fingerprint density at radius 2 is 2.00 bits per heavy atom. The maximum absolute atomic E-state index is 9.69. The second-order valence-electron chi connectivity index (χ2n) is 0.954. The molecule has 44 valence electrons. The lowest BCUT2D eigenvalue weighted by Crippen LogP contribution is -2.05. The van der Waals surface area contributed by atoms with Gasteiger partial charge in [0.2, 0.25) is 0 Å². The van der Waals surface area contributed by atoms with Crippen LogP contribution in [0.25, 0.3) is 0 Å². The summed E-state index contributed by atoms with van der Waals surface area (Å²) in [7, 11) is 0. The third-order valence-electron chi connectivity index (χ3n) is 0.340. The molecule has 0 rings (SSSR count). The second-order valence-corrected chi connectivity index (χ2v) is 2.82. The second kappa shape index (κ2) is 4.32. The Bertz CT molecular complexity index is 64.0. The lowest BCUT2D eigenvalue weighted by Gasteiger charge is -1.87. The average Bonchev–Trinajstić information content (AvgIpc) is 1.36. The number of quaternary nitrogens is 1. The molecular formula is C3H9INO2+. The highest BCUT2D eigenvalue weighted by Gasteiger charge is 2.01. The molecule has 0 spiro atoms. The van der Waals surface area contributed by atoms with Gasteiger partial charge in [-0.25, -0.2) is 0 Å². The van der Waals surface area contributed by atoms with Crippen molar-refractivity contribution in [1.29, 1.82) is 0 Å². The number of aliphatic carboxylic acids is 1. The lowest BCUT2D eigenvalue weighted by molar-refractivity contribution is -0.135. The van der Waals surface area contributed by atoms with E-state index in [1.165, 1.54) is 0 Å². The minimum atomic E-state index is -0.754. The van der Waals surface area contributed by atoms with Crippen LogP contribution in [0.15, 0.2) is 0 Å². The van der Waals surface area contributed by atoms with Crippen LogP contribution in [0.1, 0.15) is 6.92 Å². The van der Waals surface area contributed by atoms with Crippen molar-refractivity contribution in [2.45, 2.75) is 10.8 Å². The van der Waals surface area contributed by atoms with Crippen LogP contribution in [0.2, 0.25) is 0 Å². The molecular weight excluding hydrogens is 209 g/mol. The number of hydrogen-bond donors (Lipinski definition) is 2. The smallest absolute Gasteiger partial charge is 0.316 e. The van der Waals surface area contributed by atoms with Crippen LogP contribution in [-0.2, 0) is 4.79 Å². The Morgan fingerprint density at radius 3 is 2.00 bits per heavy atom. The molecule has 3 nitrogen and oxygen atoms in total. The fourth-order valence-electron chi connectivity index (χ4n) is 0. The van der Waals surface area contributed by atoms with Crippen LogP contribution in [0, 0.1) is 0 Å². The maximum atomic E-state index is 9.69. The molecule has 7 heavy (non-hydrogen) atoms. The zero-order chi connectivity index (χ0) is 5.15. The van der Waals surface area contributed by atoms with E-state index in [9.17, 15) is 4.79 Å². The maximum Gasteiger partial charge on any atom is 0.316 e. The molecule has 5 N–H and O–H groups in total. The van der Waals surface area contributed by atoms with Gasteiger partial charge in [-0.3, -0.25) is 4.79 Å². The van der Waals surface area contributed by atoms with Gasteiger partial charge in [0.15, 0.2) is 0 Å². The first-order chi connectivity index (χ1) is 2.64. The zero-order valence-electron chi connectivity index (χ0n) is 4.31. The summed E-state index contributed by atoms with van der Waals surface area (Å²) in [5.74, 6) is -0.754. The highest BCUT2D eigenvalue weighted by molar-refractivity contribution is 14.1. The number of rotatable bonds is 1. The van der Waals surface area contributed by atoms with Gasteiger partial charge >= 0.3 is 5.97 Å². The van der Waals surface area contributed by atoms with Crippen molar-refractivity contribution < 1.29 is 9.90 Å². The number of carboxylic acids is 1. The first-order valence-corrected chi connectivity index (χ1v) is 2.76. The fraction of sp³-hybridized carbons (Fsp3) is 0.667. The molecule has 0 unspecified atom stereocenters. The number of halogens is 1. The lowest BCUT2D eigenvalue weighted by atomic mass is 10.5. The molecule has 0 saturated heterocycles. The van der Waals surface area contributed by atoms with E-state index < -0.39 is 5.97 Å². The molecule has 0 aromatic rings. The van der Waals surface area contributed by atoms with E-state index in [0.717, 1.165) is 0 Å². The van der Waals surface area contributed by atoms with Gasteiger partial charge in [-0.1, -0.05) is 22.6 Å². The quantitative estimate of drug-likeness (QED) is 0.513. The third-order valence-corrected chi connectivity index (χ3v) is 0.873. The monoisotopic (exact) mass is 218 g/mol. The van der Waals surface area contributed by atoms with Gasteiger partial charge in [0.1, 0.15) is 3.92 Å². The molecule has 0 fully saturated rings. The summed E-state index contributed by atoms with van der Waals surface area (Å²) in [4.78, 5) is 9.69. The van der Waals surface area contributed by atoms with Gasteiger partial charge in [0.25, 0.3) is 0 Å². The average molecular weight is 218 g/mol. The summed E-state index contributed by atoms with van der Waals surface area (Å²) >= 11 is 1.83. The normalized spacial score (nSPS) is 11.7. The molecule has 0 saturated carbocycles. The molecule has 0 radical (unpaired) electrons. The highest BCUT2D eigenvalue weighted by atomic mass is 127. The van der Waals surface area contributed by atoms with Gasteiger partial charge in [-0.15, -0.1) is 0 Å².